The zero-order valence-electron chi connectivity index (χ0n) is 21.0. The summed E-state index contributed by atoms with van der Waals surface area (Å²) in [6, 6.07) is 16.3. The fourth-order valence-corrected chi connectivity index (χ4v) is 5.34. The summed E-state index contributed by atoms with van der Waals surface area (Å²) in [5.74, 6) is -1.73. The number of halogens is 3. The fourth-order valence-electron chi connectivity index (χ4n) is 3.88. The predicted molar refractivity (Wildman–Crippen MR) is 130 cm³/mol. The number of anilines is 1. The third-order valence-corrected chi connectivity index (χ3v) is 7.45. The van der Waals surface area contributed by atoms with Gasteiger partial charge in [-0.15, -0.1) is 13.2 Å². The first-order valence-electron chi connectivity index (χ1n) is 11.0. The second kappa shape index (κ2) is 11.8. The number of methoxy groups -OCH3 is 1. The summed E-state index contributed by atoms with van der Waals surface area (Å²) in [6.07, 6.45) is -4.88. The van der Waals surface area contributed by atoms with E-state index in [9.17, 15) is 31.5 Å². The number of aromatic nitrogens is 1. The number of sulfonamides is 1. The van der Waals surface area contributed by atoms with E-state index in [1.54, 1.807) is 31.2 Å². The van der Waals surface area contributed by atoms with E-state index in [-0.39, 0.29) is 58.3 Å². The van der Waals surface area contributed by atoms with E-state index in [4.69, 9.17) is 4.74 Å². The van der Waals surface area contributed by atoms with Gasteiger partial charge in [0, 0.05) is 10.9 Å². The minimum atomic E-state index is -4.88. The van der Waals surface area contributed by atoms with Crippen molar-refractivity contribution < 1.29 is 70.5 Å². The normalized spacial score (nSPS) is 11.5. The molecule has 0 amide bonds. The van der Waals surface area contributed by atoms with Crippen molar-refractivity contribution in [2.45, 2.75) is 24.7 Å². The summed E-state index contributed by atoms with van der Waals surface area (Å²) < 4.78 is 75.8. The molecule has 0 fully saturated rings. The molecule has 3 aromatic carbocycles. The monoisotopic (exact) mass is 568 g/mol. The van der Waals surface area contributed by atoms with Crippen molar-refractivity contribution in [2.75, 3.05) is 11.4 Å². The van der Waals surface area contributed by atoms with Gasteiger partial charge in [-0.05, 0) is 53.8 Å². The zero-order chi connectivity index (χ0) is 27.7. The Morgan fingerprint density at radius 3 is 2.10 bits per heavy atom. The molecule has 0 atom stereocenters. The molecule has 8 nitrogen and oxygen atoms in total. The van der Waals surface area contributed by atoms with Crippen LogP contribution in [0.1, 0.15) is 21.5 Å². The van der Waals surface area contributed by atoms with Crippen molar-refractivity contribution >= 4 is 32.6 Å². The van der Waals surface area contributed by atoms with E-state index in [0.29, 0.717) is 21.9 Å². The number of fused-ring (bicyclic) bond motifs is 1. The number of carboxylic acid groups (broad SMARTS) is 1. The Balaban J connectivity index is 0.00000420. The van der Waals surface area contributed by atoms with Gasteiger partial charge >= 0.3 is 35.9 Å². The SMILES string of the molecule is COc1nc(N(Cc2ccc(OC(F)(F)F)cc2)S(=O)(=O)c2ccc(C(=O)[O-])cc2)c(C)c2ccccc12.[Na+]. The van der Waals surface area contributed by atoms with Crippen LogP contribution in [0.2, 0.25) is 0 Å². The smallest absolute Gasteiger partial charge is 0.545 e. The molecule has 0 aliphatic rings. The molecule has 0 bridgehead atoms. The van der Waals surface area contributed by atoms with Crippen molar-refractivity contribution in [3.05, 3.63) is 89.5 Å². The van der Waals surface area contributed by atoms with Crippen LogP contribution in [0.4, 0.5) is 19.0 Å². The second-order valence-corrected chi connectivity index (χ2v) is 9.99. The first kappa shape index (κ1) is 30.2. The fraction of sp³-hybridized carbons (Fsp3) is 0.154. The molecule has 4 aromatic rings. The quantitative estimate of drug-likeness (QED) is 0.294. The maximum atomic E-state index is 13.9. The summed E-state index contributed by atoms with van der Waals surface area (Å²) in [6.45, 7) is 1.37. The van der Waals surface area contributed by atoms with E-state index in [1.807, 2.05) is 0 Å². The Bertz CT molecular complexity index is 1600. The molecule has 39 heavy (non-hydrogen) atoms. The number of pyridine rings is 1. The van der Waals surface area contributed by atoms with E-state index < -0.39 is 28.1 Å². The molecule has 198 valence electrons. The van der Waals surface area contributed by atoms with Gasteiger partial charge < -0.3 is 19.4 Å². The van der Waals surface area contributed by atoms with Gasteiger partial charge in [-0.25, -0.2) is 12.7 Å². The molecule has 1 heterocycles. The molecular weight excluding hydrogens is 548 g/mol. The number of aromatic carboxylic acids is 1. The van der Waals surface area contributed by atoms with Crippen molar-refractivity contribution in [3.8, 4) is 11.6 Å². The minimum Gasteiger partial charge on any atom is -0.545 e. The van der Waals surface area contributed by atoms with Crippen LogP contribution in [0.25, 0.3) is 10.8 Å². The van der Waals surface area contributed by atoms with Crippen LogP contribution in [-0.2, 0) is 16.6 Å². The largest absolute Gasteiger partial charge is 1.00 e. The van der Waals surface area contributed by atoms with Crippen LogP contribution in [0.3, 0.4) is 0 Å². The van der Waals surface area contributed by atoms with Gasteiger partial charge in [0.2, 0.25) is 5.88 Å². The van der Waals surface area contributed by atoms with Gasteiger partial charge in [0.15, 0.2) is 0 Å². The van der Waals surface area contributed by atoms with Crippen LogP contribution in [-0.4, -0.2) is 32.8 Å². The Hall–Kier alpha value is -3.32. The number of rotatable bonds is 8. The molecule has 0 spiro atoms. The molecule has 0 aliphatic heterocycles. The number of alkyl halides is 3. The maximum absolute atomic E-state index is 13.9. The number of benzene rings is 3. The van der Waals surface area contributed by atoms with Gasteiger partial charge in [0.25, 0.3) is 10.0 Å². The number of carbonyl (C=O) groups excluding carboxylic acids is 1. The summed E-state index contributed by atoms with van der Waals surface area (Å²) in [4.78, 5) is 15.4. The molecular formula is C26H20F3N2NaO6S. The standard InChI is InChI=1S/C26H21F3N2O6S.Na/c1-16-21-5-3-4-6-22(21)24(36-2)30-23(16)31(15-17-7-11-19(12-8-17)37-26(27,28)29)38(34,35)20-13-9-18(10-14-20)25(32)33;/h3-14H,15H2,1-2H3,(H,32,33);/q;+1/p-1. The number of hydrogen-bond donors (Lipinski definition) is 0. The minimum absolute atomic E-state index is 0. The average Bonchev–Trinajstić information content (AvgIpc) is 2.88. The summed E-state index contributed by atoms with van der Waals surface area (Å²) in [5.41, 5.74) is 0.633. The molecule has 0 aliphatic carbocycles. The predicted octanol–water partition coefficient (Wildman–Crippen LogP) is 1.21. The van der Waals surface area contributed by atoms with E-state index >= 15 is 0 Å². The maximum Gasteiger partial charge on any atom is 1.00 e. The van der Waals surface area contributed by atoms with Crippen LogP contribution in [0, 0.1) is 6.92 Å². The van der Waals surface area contributed by atoms with Crippen LogP contribution < -0.4 is 48.4 Å². The van der Waals surface area contributed by atoms with Crippen LogP contribution in [0.5, 0.6) is 11.6 Å². The summed E-state index contributed by atoms with van der Waals surface area (Å²) >= 11 is 0. The van der Waals surface area contributed by atoms with Crippen LogP contribution in [0.15, 0.2) is 77.7 Å². The zero-order valence-corrected chi connectivity index (χ0v) is 23.8. The van der Waals surface area contributed by atoms with Crippen molar-refractivity contribution in [2.24, 2.45) is 0 Å². The number of ether oxygens (including phenoxy) is 2. The van der Waals surface area contributed by atoms with Gasteiger partial charge in [0.05, 0.1) is 24.5 Å². The third-order valence-electron chi connectivity index (χ3n) is 5.70. The van der Waals surface area contributed by atoms with E-state index in [2.05, 4.69) is 9.72 Å². The van der Waals surface area contributed by atoms with Gasteiger partial charge in [-0.1, -0.05) is 42.5 Å². The van der Waals surface area contributed by atoms with Gasteiger partial charge in [0.1, 0.15) is 11.6 Å². The second-order valence-electron chi connectivity index (χ2n) is 8.13. The number of aryl methyl sites for hydroxylation is 1. The summed E-state index contributed by atoms with van der Waals surface area (Å²) in [7, 11) is -2.97. The first-order chi connectivity index (χ1) is 17.9. The molecule has 0 saturated carbocycles. The Morgan fingerprint density at radius 2 is 1.56 bits per heavy atom. The Morgan fingerprint density at radius 1 is 0.974 bits per heavy atom. The van der Waals surface area contributed by atoms with Gasteiger partial charge in [-0.2, -0.15) is 4.98 Å². The average molecular weight is 569 g/mol. The molecule has 1 aromatic heterocycles. The molecule has 0 saturated heterocycles. The number of carbonyl (C=O) groups is 1. The van der Waals surface area contributed by atoms with Crippen molar-refractivity contribution in [1.82, 2.24) is 4.98 Å². The van der Waals surface area contributed by atoms with Crippen molar-refractivity contribution in [3.63, 3.8) is 0 Å². The Labute approximate surface area is 244 Å². The number of carboxylic acids is 1. The molecule has 0 N–H and O–H groups in total. The van der Waals surface area contributed by atoms with Crippen molar-refractivity contribution in [1.29, 1.82) is 0 Å². The van der Waals surface area contributed by atoms with E-state index in [0.717, 1.165) is 40.7 Å². The van der Waals surface area contributed by atoms with E-state index in [1.165, 1.54) is 19.2 Å². The Kier molecular flexibility index (Phi) is 9.16. The topological polar surface area (TPSA) is 109 Å². The van der Waals surface area contributed by atoms with Crippen LogP contribution >= 0.6 is 0 Å². The molecule has 13 heteroatoms. The molecule has 0 unspecified atom stereocenters. The first-order valence-corrected chi connectivity index (χ1v) is 12.5. The molecule has 0 radical (unpaired) electrons. The third kappa shape index (κ3) is 6.64. The molecule has 4 rings (SSSR count). The summed E-state index contributed by atoms with van der Waals surface area (Å²) in [5, 5.41) is 12.5. The number of hydrogen-bond acceptors (Lipinski definition) is 7. The van der Waals surface area contributed by atoms with Gasteiger partial charge in [-0.3, -0.25) is 0 Å². The number of nitrogens with zero attached hydrogens (tertiary/aromatic N) is 2.